The second kappa shape index (κ2) is 6.94. The summed E-state index contributed by atoms with van der Waals surface area (Å²) in [5.41, 5.74) is 0.545. The molecule has 0 bridgehead atoms. The van der Waals surface area contributed by atoms with Gasteiger partial charge in [0.05, 0.1) is 10.4 Å². The van der Waals surface area contributed by atoms with Crippen LogP contribution in [0.4, 0.5) is 14.5 Å². The zero-order valence-electron chi connectivity index (χ0n) is 15.2. The molecule has 146 valence electrons. The number of benzene rings is 1. The predicted octanol–water partition coefficient (Wildman–Crippen LogP) is 4.83. The third-order valence-electron chi connectivity index (χ3n) is 4.42. The van der Waals surface area contributed by atoms with Crippen molar-refractivity contribution < 1.29 is 13.5 Å². The number of guanidine groups is 1. The van der Waals surface area contributed by atoms with Gasteiger partial charge in [-0.25, -0.2) is 13.8 Å². The fraction of sp³-hybridized carbons (Fsp3) is 0.263. The zero-order chi connectivity index (χ0) is 19.9. The SMILES string of the molecule is CC1(C)CCN=C(Nc2cc(F)c(Oc3ccnc4[nH]cc(Cl)c34)c(F)c2)N1. The highest BCUT2D eigenvalue weighted by Gasteiger charge is 2.23. The topological polar surface area (TPSA) is 74.3 Å². The van der Waals surface area contributed by atoms with E-state index in [1.165, 1.54) is 18.5 Å². The lowest BCUT2D eigenvalue weighted by molar-refractivity contribution is 0.410. The maximum Gasteiger partial charge on any atom is 0.198 e. The predicted molar refractivity (Wildman–Crippen MR) is 105 cm³/mol. The summed E-state index contributed by atoms with van der Waals surface area (Å²) in [6.45, 7) is 4.69. The summed E-state index contributed by atoms with van der Waals surface area (Å²) in [6.07, 6.45) is 3.87. The van der Waals surface area contributed by atoms with Gasteiger partial charge < -0.3 is 20.4 Å². The number of anilines is 1. The number of pyridine rings is 1. The van der Waals surface area contributed by atoms with Gasteiger partial charge in [-0.05, 0) is 26.3 Å². The molecular formula is C19H18ClF2N5O. The van der Waals surface area contributed by atoms with Crippen LogP contribution in [0.2, 0.25) is 5.02 Å². The van der Waals surface area contributed by atoms with Gasteiger partial charge in [0.25, 0.3) is 0 Å². The van der Waals surface area contributed by atoms with Crippen LogP contribution in [-0.4, -0.2) is 28.0 Å². The Morgan fingerprint density at radius 2 is 2.00 bits per heavy atom. The number of hydrogen-bond donors (Lipinski definition) is 3. The molecule has 9 heteroatoms. The van der Waals surface area contributed by atoms with Crippen molar-refractivity contribution in [2.75, 3.05) is 11.9 Å². The molecule has 0 saturated heterocycles. The molecule has 0 atom stereocenters. The van der Waals surface area contributed by atoms with Crippen LogP contribution in [0.1, 0.15) is 20.3 Å². The smallest absolute Gasteiger partial charge is 0.198 e. The van der Waals surface area contributed by atoms with E-state index in [4.69, 9.17) is 16.3 Å². The number of hydrogen-bond acceptors (Lipinski definition) is 5. The number of fused-ring (bicyclic) bond motifs is 1. The van der Waals surface area contributed by atoms with Gasteiger partial charge in [0.15, 0.2) is 23.3 Å². The molecule has 4 rings (SSSR count). The van der Waals surface area contributed by atoms with Gasteiger partial charge in [0.2, 0.25) is 0 Å². The van der Waals surface area contributed by atoms with Crippen LogP contribution in [0.25, 0.3) is 11.0 Å². The average Bonchev–Trinajstić information content (AvgIpc) is 2.99. The van der Waals surface area contributed by atoms with Crippen LogP contribution in [0, 0.1) is 11.6 Å². The van der Waals surface area contributed by atoms with Gasteiger partial charge >= 0.3 is 0 Å². The third-order valence-corrected chi connectivity index (χ3v) is 4.72. The van der Waals surface area contributed by atoms with E-state index in [2.05, 4.69) is 25.6 Å². The van der Waals surface area contributed by atoms with Gasteiger partial charge in [0.1, 0.15) is 11.4 Å². The molecule has 3 heterocycles. The molecule has 2 aromatic heterocycles. The lowest BCUT2D eigenvalue weighted by Gasteiger charge is -2.31. The number of nitrogens with one attached hydrogen (secondary N) is 3. The Hall–Kier alpha value is -2.87. The van der Waals surface area contributed by atoms with Crippen LogP contribution in [0.3, 0.4) is 0 Å². The summed E-state index contributed by atoms with van der Waals surface area (Å²) in [7, 11) is 0. The van der Waals surface area contributed by atoms with Gasteiger partial charge in [-0.1, -0.05) is 11.6 Å². The Morgan fingerprint density at radius 3 is 2.71 bits per heavy atom. The van der Waals surface area contributed by atoms with E-state index >= 15 is 0 Å². The maximum atomic E-state index is 14.6. The van der Waals surface area contributed by atoms with Gasteiger partial charge in [-0.15, -0.1) is 0 Å². The molecular weight excluding hydrogens is 388 g/mol. The molecule has 0 saturated carbocycles. The average molecular weight is 406 g/mol. The maximum absolute atomic E-state index is 14.6. The molecule has 0 radical (unpaired) electrons. The van der Waals surface area contributed by atoms with E-state index in [1.54, 1.807) is 0 Å². The molecule has 0 fully saturated rings. The number of aliphatic imine (C=N–C) groups is 1. The lowest BCUT2D eigenvalue weighted by atomic mass is 10.00. The normalized spacial score (nSPS) is 15.8. The fourth-order valence-corrected chi connectivity index (χ4v) is 3.23. The zero-order valence-corrected chi connectivity index (χ0v) is 16.0. The van der Waals surface area contributed by atoms with E-state index in [9.17, 15) is 8.78 Å². The van der Waals surface area contributed by atoms with Crippen molar-refractivity contribution in [1.29, 1.82) is 0 Å². The van der Waals surface area contributed by atoms with E-state index < -0.39 is 17.4 Å². The van der Waals surface area contributed by atoms with Crippen molar-refractivity contribution in [3.63, 3.8) is 0 Å². The van der Waals surface area contributed by atoms with Crippen molar-refractivity contribution in [3.8, 4) is 11.5 Å². The Bertz CT molecular complexity index is 1060. The van der Waals surface area contributed by atoms with E-state index in [0.717, 1.165) is 18.6 Å². The van der Waals surface area contributed by atoms with Gasteiger partial charge in [-0.3, -0.25) is 4.99 Å². The highest BCUT2D eigenvalue weighted by molar-refractivity contribution is 6.36. The number of ether oxygens (including phenoxy) is 1. The van der Waals surface area contributed by atoms with E-state index in [0.29, 0.717) is 28.6 Å². The van der Waals surface area contributed by atoms with Crippen LogP contribution >= 0.6 is 11.6 Å². The van der Waals surface area contributed by atoms with E-state index in [-0.39, 0.29) is 17.0 Å². The van der Waals surface area contributed by atoms with Crippen LogP contribution in [-0.2, 0) is 0 Å². The van der Waals surface area contributed by atoms with Crippen LogP contribution < -0.4 is 15.4 Å². The third kappa shape index (κ3) is 3.60. The molecule has 28 heavy (non-hydrogen) atoms. The molecule has 0 aliphatic carbocycles. The van der Waals surface area contributed by atoms with Gasteiger partial charge in [-0.2, -0.15) is 0 Å². The first-order valence-corrected chi connectivity index (χ1v) is 9.08. The van der Waals surface area contributed by atoms with Crippen LogP contribution in [0.15, 0.2) is 35.6 Å². The molecule has 1 aliphatic heterocycles. The number of aromatic amines is 1. The molecule has 1 aliphatic rings. The standard InChI is InChI=1S/C19H18ClF2N5O/c1-19(2)4-6-24-18(27-19)26-10-7-12(21)16(13(22)8-10)28-14-3-5-23-17-15(14)11(20)9-25-17/h3,5,7-9H,4,6H2,1-2H3,(H,23,25)(H2,24,26,27). The van der Waals surface area contributed by atoms with Crippen molar-refractivity contribution in [3.05, 3.63) is 47.2 Å². The largest absolute Gasteiger partial charge is 0.450 e. The Labute approximate surface area is 165 Å². The molecule has 1 aromatic carbocycles. The summed E-state index contributed by atoms with van der Waals surface area (Å²) in [6, 6.07) is 3.80. The van der Waals surface area contributed by atoms with E-state index in [1.807, 2.05) is 13.8 Å². The summed E-state index contributed by atoms with van der Waals surface area (Å²) < 4.78 is 34.7. The van der Waals surface area contributed by atoms with Gasteiger partial charge in [0, 0.05) is 42.3 Å². The first-order valence-electron chi connectivity index (χ1n) is 8.70. The highest BCUT2D eigenvalue weighted by Crippen LogP contribution is 2.36. The summed E-state index contributed by atoms with van der Waals surface area (Å²) in [5.74, 6) is -1.55. The second-order valence-corrected chi connectivity index (χ2v) is 7.56. The molecule has 6 nitrogen and oxygen atoms in total. The second-order valence-electron chi connectivity index (χ2n) is 7.15. The highest BCUT2D eigenvalue weighted by atomic mass is 35.5. The minimum atomic E-state index is -0.852. The monoisotopic (exact) mass is 405 g/mol. The number of halogens is 3. The minimum absolute atomic E-state index is 0.146. The molecule has 0 spiro atoms. The Balaban J connectivity index is 1.61. The lowest BCUT2D eigenvalue weighted by Crippen LogP contribution is -2.49. The van der Waals surface area contributed by atoms with Crippen molar-refractivity contribution >= 4 is 34.3 Å². The summed E-state index contributed by atoms with van der Waals surface area (Å²) in [5, 5.41) is 6.91. The first-order chi connectivity index (χ1) is 13.3. The van der Waals surface area contributed by atoms with Crippen molar-refractivity contribution in [2.24, 2.45) is 4.99 Å². The number of nitrogens with zero attached hydrogens (tertiary/aromatic N) is 2. The molecule has 3 N–H and O–H groups in total. The molecule has 0 unspecified atom stereocenters. The number of aromatic nitrogens is 2. The summed E-state index contributed by atoms with van der Waals surface area (Å²) in [4.78, 5) is 11.3. The number of H-pyrrole nitrogens is 1. The van der Waals surface area contributed by atoms with Crippen molar-refractivity contribution in [1.82, 2.24) is 15.3 Å². The molecule has 0 amide bonds. The van der Waals surface area contributed by atoms with Crippen LogP contribution in [0.5, 0.6) is 11.5 Å². The fourth-order valence-electron chi connectivity index (χ4n) is 2.99. The first kappa shape index (κ1) is 18.5. The Morgan fingerprint density at radius 1 is 1.25 bits per heavy atom. The summed E-state index contributed by atoms with van der Waals surface area (Å²) >= 11 is 6.11. The van der Waals surface area contributed by atoms with Crippen molar-refractivity contribution in [2.45, 2.75) is 25.8 Å². The quantitative estimate of drug-likeness (QED) is 0.583. The Kier molecular flexibility index (Phi) is 4.58. The molecule has 3 aromatic rings. The minimum Gasteiger partial charge on any atom is -0.450 e. The number of rotatable bonds is 3.